The molecule has 0 radical (unpaired) electrons. The van der Waals surface area contributed by atoms with Gasteiger partial charge in [-0.25, -0.2) is 0 Å². The molecule has 0 fully saturated rings. The number of aryl methyl sites for hydroxylation is 1. The van der Waals surface area contributed by atoms with E-state index < -0.39 is 0 Å². The van der Waals surface area contributed by atoms with Crippen LogP contribution in [0.4, 0.5) is 0 Å². The van der Waals surface area contributed by atoms with Gasteiger partial charge in [-0.05, 0) is 35.6 Å². The minimum atomic E-state index is 0.0907. The summed E-state index contributed by atoms with van der Waals surface area (Å²) in [5.74, 6) is 0.0907. The van der Waals surface area contributed by atoms with Crippen molar-refractivity contribution < 1.29 is 4.79 Å². The highest BCUT2D eigenvalue weighted by Crippen LogP contribution is 2.23. The monoisotopic (exact) mass is 284 g/mol. The minimum Gasteiger partial charge on any atom is -0.294 e. The summed E-state index contributed by atoms with van der Waals surface area (Å²) >= 11 is 13.4. The van der Waals surface area contributed by atoms with Crippen molar-refractivity contribution in [2.24, 2.45) is 0 Å². The van der Waals surface area contributed by atoms with Gasteiger partial charge in [-0.3, -0.25) is 4.79 Å². The van der Waals surface area contributed by atoms with Crippen molar-refractivity contribution in [1.29, 1.82) is 0 Å². The molecule has 17 heavy (non-hydrogen) atoms. The molecule has 0 aliphatic carbocycles. The summed E-state index contributed by atoms with van der Waals surface area (Å²) in [5.41, 5.74) is 2.61. The zero-order valence-electron chi connectivity index (χ0n) is 9.17. The van der Waals surface area contributed by atoms with Crippen molar-refractivity contribution in [2.45, 2.75) is 13.3 Å². The molecule has 0 amide bonds. The Balaban J connectivity index is 2.22. The maximum absolute atomic E-state index is 12.0. The topological polar surface area (TPSA) is 17.1 Å². The number of Topliss-reactive ketones (excluding diaryl/α,β-unsaturated/α-hetero) is 1. The first-order valence-electron chi connectivity index (χ1n) is 5.08. The van der Waals surface area contributed by atoms with Crippen LogP contribution in [0.2, 0.25) is 10.0 Å². The fourth-order valence-electron chi connectivity index (χ4n) is 1.58. The number of rotatable bonds is 3. The summed E-state index contributed by atoms with van der Waals surface area (Å²) < 4.78 is 0. The van der Waals surface area contributed by atoms with Crippen LogP contribution >= 0.6 is 34.5 Å². The van der Waals surface area contributed by atoms with E-state index in [1.165, 1.54) is 11.3 Å². The molecule has 4 heteroatoms. The van der Waals surface area contributed by atoms with E-state index in [0.717, 1.165) is 16.7 Å². The van der Waals surface area contributed by atoms with Crippen molar-refractivity contribution in [3.05, 3.63) is 55.7 Å². The number of hydrogen-bond donors (Lipinski definition) is 0. The van der Waals surface area contributed by atoms with Crippen LogP contribution in [0.15, 0.2) is 29.0 Å². The minimum absolute atomic E-state index is 0.0907. The van der Waals surface area contributed by atoms with Crippen LogP contribution < -0.4 is 0 Å². The van der Waals surface area contributed by atoms with Crippen LogP contribution in [0.5, 0.6) is 0 Å². The van der Waals surface area contributed by atoms with Gasteiger partial charge in [-0.15, -0.1) is 0 Å². The van der Waals surface area contributed by atoms with Gasteiger partial charge in [0.05, 0.1) is 0 Å². The zero-order chi connectivity index (χ0) is 12.4. The molecule has 0 unspecified atom stereocenters. The number of hydrogen-bond acceptors (Lipinski definition) is 2. The molecule has 2 aromatic rings. The highest BCUT2D eigenvalue weighted by Gasteiger charge is 2.12. The Hall–Kier alpha value is -0.830. The van der Waals surface area contributed by atoms with Gasteiger partial charge in [0.1, 0.15) is 0 Å². The maximum atomic E-state index is 12.0. The molecule has 1 aromatic heterocycles. The molecule has 0 aliphatic heterocycles. The SMILES string of the molecule is Cc1cscc1C(=O)Cc1ccc(Cl)cc1Cl. The highest BCUT2D eigenvalue weighted by molar-refractivity contribution is 7.08. The van der Waals surface area contributed by atoms with E-state index in [2.05, 4.69) is 0 Å². The fraction of sp³-hybridized carbons (Fsp3) is 0.154. The van der Waals surface area contributed by atoms with Crippen molar-refractivity contribution in [1.82, 2.24) is 0 Å². The first-order chi connectivity index (χ1) is 8.08. The van der Waals surface area contributed by atoms with Gasteiger partial charge in [-0.2, -0.15) is 11.3 Å². The molecule has 0 bridgehead atoms. The van der Waals surface area contributed by atoms with Gasteiger partial charge in [0.25, 0.3) is 0 Å². The van der Waals surface area contributed by atoms with Gasteiger partial charge in [0.2, 0.25) is 0 Å². The Kier molecular flexibility index (Phi) is 3.87. The molecule has 0 N–H and O–H groups in total. The van der Waals surface area contributed by atoms with Gasteiger partial charge in [0, 0.05) is 27.4 Å². The molecule has 2 rings (SSSR count). The Bertz CT molecular complexity index is 560. The third kappa shape index (κ3) is 2.89. The van der Waals surface area contributed by atoms with E-state index in [0.29, 0.717) is 16.5 Å². The molecule has 0 saturated heterocycles. The van der Waals surface area contributed by atoms with Gasteiger partial charge in [-0.1, -0.05) is 29.3 Å². The number of thiophene rings is 1. The first kappa shape index (κ1) is 12.6. The van der Waals surface area contributed by atoms with Crippen LogP contribution in [0, 0.1) is 6.92 Å². The quantitative estimate of drug-likeness (QED) is 0.741. The highest BCUT2D eigenvalue weighted by atomic mass is 35.5. The van der Waals surface area contributed by atoms with Crippen molar-refractivity contribution in [3.63, 3.8) is 0 Å². The zero-order valence-corrected chi connectivity index (χ0v) is 11.5. The summed E-state index contributed by atoms with van der Waals surface area (Å²) in [4.78, 5) is 12.0. The summed E-state index contributed by atoms with van der Waals surface area (Å²) in [7, 11) is 0. The summed E-state index contributed by atoms with van der Waals surface area (Å²) in [6.45, 7) is 1.94. The van der Waals surface area contributed by atoms with Crippen LogP contribution in [-0.2, 0) is 6.42 Å². The Labute approximate surface area is 114 Å². The predicted molar refractivity (Wildman–Crippen MR) is 73.6 cm³/mol. The first-order valence-corrected chi connectivity index (χ1v) is 6.77. The van der Waals surface area contributed by atoms with E-state index >= 15 is 0 Å². The molecular weight excluding hydrogens is 275 g/mol. The van der Waals surface area contributed by atoms with Crippen LogP contribution in [0.25, 0.3) is 0 Å². The van der Waals surface area contributed by atoms with Gasteiger partial charge < -0.3 is 0 Å². The lowest BCUT2D eigenvalue weighted by Crippen LogP contribution is -2.04. The molecule has 88 valence electrons. The average molecular weight is 285 g/mol. The second-order valence-electron chi connectivity index (χ2n) is 3.80. The van der Waals surface area contributed by atoms with Crippen LogP contribution in [0.3, 0.4) is 0 Å². The van der Waals surface area contributed by atoms with Crippen LogP contribution in [-0.4, -0.2) is 5.78 Å². The molecule has 1 nitrogen and oxygen atoms in total. The molecule has 1 aromatic carbocycles. The molecule has 0 aliphatic rings. The normalized spacial score (nSPS) is 10.5. The van der Waals surface area contributed by atoms with E-state index in [1.807, 2.05) is 17.7 Å². The van der Waals surface area contributed by atoms with Crippen LogP contribution in [0.1, 0.15) is 21.5 Å². The number of benzene rings is 1. The number of ketones is 1. The lowest BCUT2D eigenvalue weighted by atomic mass is 10.0. The Morgan fingerprint density at radius 2 is 2.06 bits per heavy atom. The van der Waals surface area contributed by atoms with E-state index in [1.54, 1.807) is 18.2 Å². The molecule has 0 spiro atoms. The second-order valence-corrected chi connectivity index (χ2v) is 5.39. The van der Waals surface area contributed by atoms with Crippen molar-refractivity contribution >= 4 is 40.3 Å². The molecule has 0 atom stereocenters. The van der Waals surface area contributed by atoms with Gasteiger partial charge in [0.15, 0.2) is 5.78 Å². The lowest BCUT2D eigenvalue weighted by molar-refractivity contribution is 0.0993. The standard InChI is InChI=1S/C13H10Cl2OS/c1-8-6-17-7-11(8)13(16)4-9-2-3-10(14)5-12(9)15/h2-3,5-7H,4H2,1H3. The number of halogens is 2. The Morgan fingerprint density at radius 1 is 1.29 bits per heavy atom. The largest absolute Gasteiger partial charge is 0.294 e. The molecular formula is C13H10Cl2OS. The third-order valence-electron chi connectivity index (χ3n) is 2.52. The van der Waals surface area contributed by atoms with E-state index in [4.69, 9.17) is 23.2 Å². The lowest BCUT2D eigenvalue weighted by Gasteiger charge is -2.04. The fourth-order valence-corrected chi connectivity index (χ4v) is 2.91. The second kappa shape index (κ2) is 5.21. The maximum Gasteiger partial charge on any atom is 0.168 e. The summed E-state index contributed by atoms with van der Waals surface area (Å²) in [5, 5.41) is 4.97. The predicted octanol–water partition coefficient (Wildman–Crippen LogP) is 4.79. The van der Waals surface area contributed by atoms with E-state index in [-0.39, 0.29) is 5.78 Å². The van der Waals surface area contributed by atoms with E-state index in [9.17, 15) is 4.79 Å². The Morgan fingerprint density at radius 3 is 2.65 bits per heavy atom. The number of carbonyl (C=O) groups is 1. The third-order valence-corrected chi connectivity index (χ3v) is 3.97. The van der Waals surface area contributed by atoms with Crippen molar-refractivity contribution in [2.75, 3.05) is 0 Å². The summed E-state index contributed by atoms with van der Waals surface area (Å²) in [6, 6.07) is 5.20. The summed E-state index contributed by atoms with van der Waals surface area (Å²) in [6.07, 6.45) is 0.313. The van der Waals surface area contributed by atoms with Crippen molar-refractivity contribution in [3.8, 4) is 0 Å². The van der Waals surface area contributed by atoms with Gasteiger partial charge >= 0.3 is 0 Å². The smallest absolute Gasteiger partial charge is 0.168 e. The molecule has 0 saturated carbocycles. The molecule has 1 heterocycles. The number of carbonyl (C=O) groups excluding carboxylic acids is 1. The average Bonchev–Trinajstić information content (AvgIpc) is 2.68.